The summed E-state index contributed by atoms with van der Waals surface area (Å²) in [5.41, 5.74) is 1.17. The number of nitrogens with one attached hydrogen (secondary N) is 1. The summed E-state index contributed by atoms with van der Waals surface area (Å²) in [4.78, 5) is 2.36. The Labute approximate surface area is 116 Å². The number of nitrogens with zero attached hydrogens (tertiary/aromatic N) is 1. The summed E-state index contributed by atoms with van der Waals surface area (Å²) in [6.07, 6.45) is 4.42. The summed E-state index contributed by atoms with van der Waals surface area (Å²) in [5, 5.41) is 3.38. The fourth-order valence-corrected chi connectivity index (χ4v) is 2.31. The minimum absolute atomic E-state index is 0.400. The summed E-state index contributed by atoms with van der Waals surface area (Å²) in [7, 11) is 2.17. The second kappa shape index (κ2) is 7.08. The van der Waals surface area contributed by atoms with Crippen LogP contribution in [-0.4, -0.2) is 37.2 Å². The Hall–Kier alpha value is -0.840. The number of hydrogen-bond acceptors (Lipinski definition) is 4. The number of piperidine rings is 1. The van der Waals surface area contributed by atoms with Gasteiger partial charge in [-0.15, -0.1) is 0 Å². The standard InChI is InChI=1S/C15H26N2O2/c1-12(2)16-10-15-13(6-9-18-15)11-19-14-4-7-17(3)8-5-14/h6,9,12,14,16H,4-5,7-8,10-11H2,1-3H3. The molecule has 0 bridgehead atoms. The predicted molar refractivity (Wildman–Crippen MR) is 76.0 cm³/mol. The third kappa shape index (κ3) is 4.64. The van der Waals surface area contributed by atoms with Crippen molar-refractivity contribution in [1.29, 1.82) is 0 Å². The molecule has 4 nitrogen and oxygen atoms in total. The number of ether oxygens (including phenoxy) is 1. The second-order valence-electron chi connectivity index (χ2n) is 5.72. The van der Waals surface area contributed by atoms with Crippen LogP contribution in [-0.2, 0) is 17.9 Å². The molecular weight excluding hydrogens is 240 g/mol. The zero-order chi connectivity index (χ0) is 13.7. The van der Waals surface area contributed by atoms with Gasteiger partial charge in [-0.05, 0) is 26.0 Å². The van der Waals surface area contributed by atoms with Crippen molar-refractivity contribution in [3.8, 4) is 0 Å². The van der Waals surface area contributed by atoms with E-state index in [0.29, 0.717) is 18.8 Å². The third-order valence-electron chi connectivity index (χ3n) is 3.65. The summed E-state index contributed by atoms with van der Waals surface area (Å²) in [5.74, 6) is 1.00. The van der Waals surface area contributed by atoms with Crippen LogP contribution in [0.15, 0.2) is 16.7 Å². The van der Waals surface area contributed by atoms with Gasteiger partial charge in [-0.25, -0.2) is 0 Å². The summed E-state index contributed by atoms with van der Waals surface area (Å²) < 4.78 is 11.5. The van der Waals surface area contributed by atoms with Gasteiger partial charge in [0.2, 0.25) is 0 Å². The first-order valence-corrected chi connectivity index (χ1v) is 7.24. The molecule has 0 radical (unpaired) electrons. The molecule has 0 spiro atoms. The topological polar surface area (TPSA) is 37.6 Å². The van der Waals surface area contributed by atoms with Crippen LogP contribution in [0, 0.1) is 0 Å². The van der Waals surface area contributed by atoms with Crippen LogP contribution < -0.4 is 5.32 Å². The normalized spacial score (nSPS) is 18.3. The molecule has 2 heterocycles. The van der Waals surface area contributed by atoms with E-state index in [1.807, 2.05) is 6.07 Å². The van der Waals surface area contributed by atoms with Gasteiger partial charge in [0.05, 0.1) is 25.5 Å². The van der Waals surface area contributed by atoms with E-state index in [0.717, 1.165) is 38.2 Å². The Bertz CT molecular complexity index is 368. The first-order chi connectivity index (χ1) is 9.15. The molecule has 1 fully saturated rings. The molecule has 1 aliphatic rings. The van der Waals surface area contributed by atoms with Crippen molar-refractivity contribution in [3.63, 3.8) is 0 Å². The van der Waals surface area contributed by atoms with Crippen LogP contribution in [0.5, 0.6) is 0 Å². The van der Waals surface area contributed by atoms with E-state index in [-0.39, 0.29) is 0 Å². The van der Waals surface area contributed by atoms with Crippen molar-refractivity contribution in [2.24, 2.45) is 0 Å². The predicted octanol–water partition coefficient (Wildman–Crippen LogP) is 2.39. The van der Waals surface area contributed by atoms with Crippen LogP contribution in [0.3, 0.4) is 0 Å². The third-order valence-corrected chi connectivity index (χ3v) is 3.65. The van der Waals surface area contributed by atoms with Crippen LogP contribution in [0.4, 0.5) is 0 Å². The highest BCUT2D eigenvalue weighted by molar-refractivity contribution is 5.15. The minimum atomic E-state index is 0.400. The zero-order valence-corrected chi connectivity index (χ0v) is 12.3. The molecule has 4 heteroatoms. The molecule has 0 aliphatic carbocycles. The number of rotatable bonds is 6. The molecule has 0 aromatic carbocycles. The van der Waals surface area contributed by atoms with Crippen LogP contribution in [0.2, 0.25) is 0 Å². The lowest BCUT2D eigenvalue weighted by molar-refractivity contribution is 0.00156. The molecular formula is C15H26N2O2. The molecule has 0 unspecified atom stereocenters. The molecule has 19 heavy (non-hydrogen) atoms. The van der Waals surface area contributed by atoms with E-state index in [1.165, 1.54) is 5.56 Å². The van der Waals surface area contributed by atoms with Crippen LogP contribution in [0.25, 0.3) is 0 Å². The van der Waals surface area contributed by atoms with Gasteiger partial charge in [-0.3, -0.25) is 0 Å². The number of furan rings is 1. The Morgan fingerprint density at radius 2 is 2.16 bits per heavy atom. The first kappa shape index (κ1) is 14.6. The molecule has 1 aromatic heterocycles. The quantitative estimate of drug-likeness (QED) is 0.858. The molecule has 1 aliphatic heterocycles. The lowest BCUT2D eigenvalue weighted by Crippen LogP contribution is -2.34. The van der Waals surface area contributed by atoms with E-state index in [4.69, 9.17) is 9.15 Å². The molecule has 1 aromatic rings. The maximum absolute atomic E-state index is 6.01. The van der Waals surface area contributed by atoms with E-state index in [1.54, 1.807) is 6.26 Å². The smallest absolute Gasteiger partial charge is 0.123 e. The van der Waals surface area contributed by atoms with E-state index in [9.17, 15) is 0 Å². The Morgan fingerprint density at radius 3 is 2.84 bits per heavy atom. The van der Waals surface area contributed by atoms with Gasteiger partial charge >= 0.3 is 0 Å². The Balaban J connectivity index is 1.78. The molecule has 0 amide bonds. The van der Waals surface area contributed by atoms with Gasteiger partial charge < -0.3 is 19.4 Å². The maximum Gasteiger partial charge on any atom is 0.123 e. The second-order valence-corrected chi connectivity index (χ2v) is 5.72. The largest absolute Gasteiger partial charge is 0.468 e. The first-order valence-electron chi connectivity index (χ1n) is 7.24. The monoisotopic (exact) mass is 266 g/mol. The van der Waals surface area contributed by atoms with Gasteiger partial charge in [0.1, 0.15) is 5.76 Å². The Morgan fingerprint density at radius 1 is 1.42 bits per heavy atom. The van der Waals surface area contributed by atoms with Crippen molar-refractivity contribution in [2.45, 2.75) is 52.0 Å². The van der Waals surface area contributed by atoms with E-state index < -0.39 is 0 Å². The van der Waals surface area contributed by atoms with E-state index >= 15 is 0 Å². The lowest BCUT2D eigenvalue weighted by atomic mass is 10.1. The number of hydrogen-bond donors (Lipinski definition) is 1. The summed E-state index contributed by atoms with van der Waals surface area (Å²) >= 11 is 0. The van der Waals surface area contributed by atoms with Gasteiger partial charge in [-0.2, -0.15) is 0 Å². The van der Waals surface area contributed by atoms with Crippen molar-refractivity contribution in [2.75, 3.05) is 20.1 Å². The van der Waals surface area contributed by atoms with E-state index in [2.05, 4.69) is 31.1 Å². The van der Waals surface area contributed by atoms with Crippen molar-refractivity contribution >= 4 is 0 Å². The summed E-state index contributed by atoms with van der Waals surface area (Å²) in [6, 6.07) is 2.49. The van der Waals surface area contributed by atoms with Crippen molar-refractivity contribution < 1.29 is 9.15 Å². The fraction of sp³-hybridized carbons (Fsp3) is 0.733. The van der Waals surface area contributed by atoms with Crippen molar-refractivity contribution in [1.82, 2.24) is 10.2 Å². The number of likely N-dealkylation sites (tertiary alicyclic amines) is 1. The van der Waals surface area contributed by atoms with Gasteiger partial charge in [0.25, 0.3) is 0 Å². The molecule has 0 atom stereocenters. The minimum Gasteiger partial charge on any atom is -0.468 e. The van der Waals surface area contributed by atoms with Gasteiger partial charge in [0.15, 0.2) is 0 Å². The van der Waals surface area contributed by atoms with Gasteiger partial charge in [-0.1, -0.05) is 13.8 Å². The lowest BCUT2D eigenvalue weighted by Gasteiger charge is -2.28. The van der Waals surface area contributed by atoms with Crippen LogP contribution in [0.1, 0.15) is 38.0 Å². The average Bonchev–Trinajstić information content (AvgIpc) is 2.83. The SMILES string of the molecule is CC(C)NCc1occc1COC1CCN(C)CC1. The van der Waals surface area contributed by atoms with Crippen molar-refractivity contribution in [3.05, 3.63) is 23.7 Å². The maximum atomic E-state index is 6.01. The zero-order valence-electron chi connectivity index (χ0n) is 12.3. The highest BCUT2D eigenvalue weighted by Crippen LogP contribution is 2.17. The highest BCUT2D eigenvalue weighted by atomic mass is 16.5. The average molecular weight is 266 g/mol. The Kier molecular flexibility index (Phi) is 5.43. The molecule has 0 saturated carbocycles. The molecule has 108 valence electrons. The molecule has 1 saturated heterocycles. The molecule has 2 rings (SSSR count). The summed E-state index contributed by atoms with van der Waals surface area (Å²) in [6.45, 7) is 7.99. The van der Waals surface area contributed by atoms with Gasteiger partial charge in [0, 0.05) is 24.7 Å². The fourth-order valence-electron chi connectivity index (χ4n) is 2.31. The molecule has 1 N–H and O–H groups in total. The highest BCUT2D eigenvalue weighted by Gasteiger charge is 2.18. The van der Waals surface area contributed by atoms with Crippen LogP contribution >= 0.6 is 0 Å².